The third-order valence-corrected chi connectivity index (χ3v) is 5.46. The van der Waals surface area contributed by atoms with E-state index in [1.165, 1.54) is 44.9 Å². The number of amides is 1. The van der Waals surface area contributed by atoms with Gasteiger partial charge in [-0.05, 0) is 48.5 Å². The summed E-state index contributed by atoms with van der Waals surface area (Å²) in [7, 11) is 2.97. The molecular weight excluding hydrogens is 458 g/mol. The molecule has 0 atom stereocenters. The smallest absolute Gasteiger partial charge is 0.244 e. The van der Waals surface area contributed by atoms with Gasteiger partial charge < -0.3 is 19.4 Å². The number of hydrogen-bond donors (Lipinski definition) is 1. The molecule has 0 unspecified atom stereocenters. The van der Waals surface area contributed by atoms with Gasteiger partial charge in [-0.1, -0.05) is 11.6 Å². The van der Waals surface area contributed by atoms with Gasteiger partial charge in [-0.2, -0.15) is 0 Å². The summed E-state index contributed by atoms with van der Waals surface area (Å²) in [5.74, 6) is 0.0324. The van der Waals surface area contributed by atoms with E-state index >= 15 is 0 Å². The summed E-state index contributed by atoms with van der Waals surface area (Å²) in [5, 5.41) is 3.46. The summed E-state index contributed by atoms with van der Waals surface area (Å²) < 4.78 is 12.1. The number of rotatable bonds is 7. The van der Waals surface area contributed by atoms with Gasteiger partial charge >= 0.3 is 0 Å². The Labute approximate surface area is 199 Å². The molecule has 0 fully saturated rings. The van der Waals surface area contributed by atoms with E-state index in [9.17, 15) is 14.4 Å². The quantitative estimate of drug-likeness (QED) is 0.405. The lowest BCUT2D eigenvalue weighted by Crippen LogP contribution is -2.24. The molecule has 4 rings (SSSR count). The van der Waals surface area contributed by atoms with Crippen LogP contribution in [0.3, 0.4) is 0 Å². The van der Waals surface area contributed by atoms with Crippen molar-refractivity contribution < 1.29 is 19.1 Å². The van der Waals surface area contributed by atoms with E-state index in [0.29, 0.717) is 33.3 Å². The van der Waals surface area contributed by atoms with Crippen LogP contribution in [-0.2, 0) is 11.3 Å². The number of hydrogen-bond acceptors (Lipinski definition) is 6. The number of nitrogens with zero attached hydrogens (tertiary/aromatic N) is 2. The van der Waals surface area contributed by atoms with Crippen LogP contribution in [0, 0.1) is 0 Å². The number of ether oxygens (including phenoxy) is 2. The number of methoxy groups -OCH3 is 2. The number of pyridine rings is 2. The molecule has 0 aliphatic carbocycles. The first-order chi connectivity index (χ1) is 16.4. The molecule has 0 radical (unpaired) electrons. The Balaban J connectivity index is 1.78. The number of nitrogens with one attached hydrogen (secondary N) is 1. The van der Waals surface area contributed by atoms with Gasteiger partial charge in [-0.15, -0.1) is 0 Å². The van der Waals surface area contributed by atoms with Gasteiger partial charge in [0.05, 0.1) is 36.4 Å². The fraction of sp³-hybridized carbons (Fsp3) is 0.120. The third-order valence-electron chi connectivity index (χ3n) is 5.22. The van der Waals surface area contributed by atoms with Crippen molar-refractivity contribution >= 4 is 39.9 Å². The maximum atomic E-state index is 13.2. The van der Waals surface area contributed by atoms with Gasteiger partial charge in [0, 0.05) is 29.2 Å². The number of ketones is 1. The molecule has 8 nitrogen and oxygen atoms in total. The van der Waals surface area contributed by atoms with Gasteiger partial charge in [0.2, 0.25) is 11.3 Å². The maximum Gasteiger partial charge on any atom is 0.244 e. The molecule has 0 bridgehead atoms. The Kier molecular flexibility index (Phi) is 6.60. The minimum Gasteiger partial charge on any atom is -0.497 e. The number of benzene rings is 2. The minimum atomic E-state index is -0.470. The summed E-state index contributed by atoms with van der Waals surface area (Å²) in [5.41, 5.74) is 0.670. The molecule has 0 aliphatic rings. The molecule has 0 saturated heterocycles. The van der Waals surface area contributed by atoms with Crippen molar-refractivity contribution in [2.75, 3.05) is 19.5 Å². The fourth-order valence-electron chi connectivity index (χ4n) is 3.58. The Morgan fingerprint density at radius 3 is 2.50 bits per heavy atom. The lowest BCUT2D eigenvalue weighted by atomic mass is 10.0. The first kappa shape index (κ1) is 23.0. The van der Waals surface area contributed by atoms with Crippen LogP contribution >= 0.6 is 11.6 Å². The molecule has 1 amide bonds. The van der Waals surface area contributed by atoms with Crippen LogP contribution in [0.15, 0.2) is 71.9 Å². The van der Waals surface area contributed by atoms with E-state index < -0.39 is 17.1 Å². The highest BCUT2D eigenvalue weighted by Crippen LogP contribution is 2.28. The standard InChI is InChI=1S/C25H20ClN3O5/c1-33-17-4-5-21-18(12-17)25(32)19(24(31)15-7-9-27-10-8-15)13-29(21)14-23(30)28-20-11-16(26)3-6-22(20)34-2/h3-13H,14H2,1-2H3,(H,28,30). The van der Waals surface area contributed by atoms with Gasteiger partial charge in [-0.25, -0.2) is 0 Å². The zero-order chi connectivity index (χ0) is 24.2. The van der Waals surface area contributed by atoms with Crippen LogP contribution in [0.2, 0.25) is 5.02 Å². The van der Waals surface area contributed by atoms with Crippen LogP contribution in [0.4, 0.5) is 5.69 Å². The predicted octanol–water partition coefficient (Wildman–Crippen LogP) is 3.94. The Bertz CT molecular complexity index is 1450. The molecule has 34 heavy (non-hydrogen) atoms. The fourth-order valence-corrected chi connectivity index (χ4v) is 3.75. The first-order valence-electron chi connectivity index (χ1n) is 10.2. The number of carbonyl (C=O) groups is 2. The first-order valence-corrected chi connectivity index (χ1v) is 10.6. The van der Waals surface area contributed by atoms with E-state index in [2.05, 4.69) is 10.3 Å². The van der Waals surface area contributed by atoms with Gasteiger partial charge in [0.25, 0.3) is 0 Å². The Hall–Kier alpha value is -4.17. The third kappa shape index (κ3) is 4.62. The summed E-state index contributed by atoms with van der Waals surface area (Å²) >= 11 is 6.05. The van der Waals surface area contributed by atoms with Crippen molar-refractivity contribution in [3.05, 3.63) is 93.5 Å². The molecule has 1 N–H and O–H groups in total. The minimum absolute atomic E-state index is 0.0694. The Morgan fingerprint density at radius 2 is 1.79 bits per heavy atom. The van der Waals surface area contributed by atoms with Crippen LogP contribution in [0.1, 0.15) is 15.9 Å². The molecule has 9 heteroatoms. The summed E-state index contributed by atoms with van der Waals surface area (Å²) in [4.78, 5) is 43.2. The second-order valence-corrected chi connectivity index (χ2v) is 7.78. The number of halogens is 1. The maximum absolute atomic E-state index is 13.2. The molecule has 4 aromatic rings. The van der Waals surface area contributed by atoms with Gasteiger partial charge in [0.1, 0.15) is 18.0 Å². The van der Waals surface area contributed by atoms with E-state index in [4.69, 9.17) is 21.1 Å². The number of fused-ring (bicyclic) bond motifs is 1. The molecule has 0 saturated carbocycles. The molecule has 2 aromatic heterocycles. The number of aromatic nitrogens is 2. The van der Waals surface area contributed by atoms with E-state index in [1.807, 2.05) is 0 Å². The lowest BCUT2D eigenvalue weighted by Gasteiger charge is -2.15. The number of anilines is 1. The highest BCUT2D eigenvalue weighted by atomic mass is 35.5. The molecule has 0 spiro atoms. The summed E-state index contributed by atoms with van der Waals surface area (Å²) in [6, 6.07) is 12.8. The van der Waals surface area contributed by atoms with Crippen molar-refractivity contribution in [1.29, 1.82) is 0 Å². The lowest BCUT2D eigenvalue weighted by molar-refractivity contribution is -0.116. The SMILES string of the molecule is COc1ccc2c(c1)c(=O)c(C(=O)c1ccncc1)cn2CC(=O)Nc1cc(Cl)ccc1OC. The van der Waals surface area contributed by atoms with Crippen molar-refractivity contribution in [2.45, 2.75) is 6.54 Å². The summed E-state index contributed by atoms with van der Waals surface area (Å²) in [6.45, 7) is -0.171. The molecule has 2 heterocycles. The predicted molar refractivity (Wildman–Crippen MR) is 129 cm³/mol. The molecule has 172 valence electrons. The molecule has 2 aromatic carbocycles. The molecule has 0 aliphatic heterocycles. The van der Waals surface area contributed by atoms with Crippen LogP contribution < -0.4 is 20.2 Å². The van der Waals surface area contributed by atoms with Crippen LogP contribution in [-0.4, -0.2) is 35.5 Å². The second-order valence-electron chi connectivity index (χ2n) is 7.34. The normalized spacial score (nSPS) is 10.7. The van der Waals surface area contributed by atoms with E-state index in [-0.39, 0.29) is 17.5 Å². The summed E-state index contributed by atoms with van der Waals surface area (Å²) in [6.07, 6.45) is 4.35. The number of carbonyl (C=O) groups excluding carboxylic acids is 2. The second kappa shape index (κ2) is 9.76. The Morgan fingerprint density at radius 1 is 1.03 bits per heavy atom. The molecular formula is C25H20ClN3O5. The monoisotopic (exact) mass is 477 g/mol. The van der Waals surface area contributed by atoms with Crippen molar-refractivity contribution in [1.82, 2.24) is 9.55 Å². The van der Waals surface area contributed by atoms with Gasteiger partial charge in [0.15, 0.2) is 5.78 Å². The van der Waals surface area contributed by atoms with Crippen LogP contribution in [0.5, 0.6) is 11.5 Å². The topological polar surface area (TPSA) is 99.5 Å². The average Bonchev–Trinajstić information content (AvgIpc) is 2.85. The zero-order valence-electron chi connectivity index (χ0n) is 18.4. The highest BCUT2D eigenvalue weighted by Gasteiger charge is 2.19. The zero-order valence-corrected chi connectivity index (χ0v) is 19.1. The van der Waals surface area contributed by atoms with Crippen molar-refractivity contribution in [2.24, 2.45) is 0 Å². The van der Waals surface area contributed by atoms with Crippen molar-refractivity contribution in [3.8, 4) is 11.5 Å². The largest absolute Gasteiger partial charge is 0.497 e. The van der Waals surface area contributed by atoms with E-state index in [0.717, 1.165) is 0 Å². The highest BCUT2D eigenvalue weighted by molar-refractivity contribution is 6.31. The average molecular weight is 478 g/mol. The van der Waals surface area contributed by atoms with Crippen molar-refractivity contribution in [3.63, 3.8) is 0 Å². The van der Waals surface area contributed by atoms with E-state index in [1.54, 1.807) is 41.0 Å². The van der Waals surface area contributed by atoms with Gasteiger partial charge in [-0.3, -0.25) is 19.4 Å². The van der Waals surface area contributed by atoms with Crippen LogP contribution in [0.25, 0.3) is 10.9 Å².